The molecule has 0 atom stereocenters. The summed E-state index contributed by atoms with van der Waals surface area (Å²) in [5, 5.41) is 0. The molecule has 0 saturated carbocycles. The fourth-order valence-electron chi connectivity index (χ4n) is 1.66. The van der Waals surface area contributed by atoms with E-state index < -0.39 is 0 Å². The van der Waals surface area contributed by atoms with E-state index in [1.54, 1.807) is 0 Å². The maximum absolute atomic E-state index is 6.04. The lowest BCUT2D eigenvalue weighted by molar-refractivity contribution is 0.521. The molecule has 1 aromatic rings. The van der Waals surface area contributed by atoms with Crippen LogP contribution in [0.4, 0.5) is 0 Å². The van der Waals surface area contributed by atoms with E-state index in [2.05, 4.69) is 51.1 Å². The first-order valence-corrected chi connectivity index (χ1v) is 6.24. The van der Waals surface area contributed by atoms with Crippen LogP contribution in [-0.2, 0) is 4.65 Å². The molecule has 0 aromatic heterocycles. The minimum atomic E-state index is 0.331. The van der Waals surface area contributed by atoms with Gasteiger partial charge < -0.3 is 4.65 Å². The van der Waals surface area contributed by atoms with Gasteiger partial charge in [-0.3, -0.25) is 0 Å². The lowest BCUT2D eigenvalue weighted by Crippen LogP contribution is -2.14. The molecule has 0 aliphatic heterocycles. The molecule has 0 bridgehead atoms. The molecule has 1 rings (SSSR count). The van der Waals surface area contributed by atoms with Crippen molar-refractivity contribution < 1.29 is 4.65 Å². The van der Waals surface area contributed by atoms with Crippen molar-refractivity contribution in [3.05, 3.63) is 42.0 Å². The molecule has 86 valence electrons. The summed E-state index contributed by atoms with van der Waals surface area (Å²) in [6.07, 6.45) is 5.28. The summed E-state index contributed by atoms with van der Waals surface area (Å²) in [4.78, 5) is 0. The van der Waals surface area contributed by atoms with Crippen molar-refractivity contribution in [1.29, 1.82) is 0 Å². The molecule has 0 aliphatic rings. The Morgan fingerprint density at radius 3 is 2.25 bits per heavy atom. The number of allylic oxidation sites excluding steroid dienone is 1. The van der Waals surface area contributed by atoms with Crippen LogP contribution in [0.3, 0.4) is 0 Å². The Bertz CT molecular complexity index is 315. The van der Waals surface area contributed by atoms with Gasteiger partial charge in [0, 0.05) is 5.56 Å². The van der Waals surface area contributed by atoms with Crippen molar-refractivity contribution >= 4 is 12.7 Å². The molecule has 16 heavy (non-hydrogen) atoms. The van der Waals surface area contributed by atoms with E-state index in [9.17, 15) is 0 Å². The summed E-state index contributed by atoms with van der Waals surface area (Å²) in [6, 6.07) is 10.3. The van der Waals surface area contributed by atoms with Gasteiger partial charge in [-0.25, -0.2) is 0 Å². The average molecular weight is 216 g/mol. The van der Waals surface area contributed by atoms with Crippen LogP contribution in [0.25, 0.3) is 5.76 Å². The Hall–Kier alpha value is -1.18. The van der Waals surface area contributed by atoms with Crippen molar-refractivity contribution in [1.82, 2.24) is 0 Å². The summed E-state index contributed by atoms with van der Waals surface area (Å²) >= 11 is 0. The van der Waals surface area contributed by atoms with E-state index in [0.29, 0.717) is 6.92 Å². The van der Waals surface area contributed by atoms with Crippen LogP contribution >= 0.6 is 0 Å². The van der Waals surface area contributed by atoms with Crippen LogP contribution in [0.1, 0.15) is 32.8 Å². The Morgan fingerprint density at radius 2 is 1.75 bits per heavy atom. The Labute approximate surface area is 99.6 Å². The molecule has 0 heterocycles. The zero-order valence-corrected chi connectivity index (χ0v) is 10.6. The largest absolute Gasteiger partial charge is 0.561 e. The molecule has 0 saturated heterocycles. The second-order valence-corrected chi connectivity index (χ2v) is 3.90. The minimum Gasteiger partial charge on any atom is -0.561 e. The molecular formula is C14H21BO. The molecule has 0 amide bonds. The van der Waals surface area contributed by atoms with E-state index in [4.69, 9.17) is 4.65 Å². The van der Waals surface area contributed by atoms with Gasteiger partial charge in [-0.05, 0) is 25.1 Å². The predicted octanol–water partition coefficient (Wildman–Crippen LogP) is 4.49. The number of rotatable bonds is 6. The summed E-state index contributed by atoms with van der Waals surface area (Å²) in [7, 11) is 0. The van der Waals surface area contributed by atoms with Crippen molar-refractivity contribution in [2.75, 3.05) is 0 Å². The van der Waals surface area contributed by atoms with Crippen LogP contribution in [-0.4, -0.2) is 6.92 Å². The monoisotopic (exact) mass is 216 g/mol. The van der Waals surface area contributed by atoms with Gasteiger partial charge in [0.05, 0.1) is 0 Å². The van der Waals surface area contributed by atoms with Crippen LogP contribution in [0.2, 0.25) is 12.6 Å². The van der Waals surface area contributed by atoms with Crippen LogP contribution in [0.15, 0.2) is 36.4 Å². The summed E-state index contributed by atoms with van der Waals surface area (Å²) in [5.41, 5.74) is 1.18. The van der Waals surface area contributed by atoms with E-state index >= 15 is 0 Å². The third-order valence-corrected chi connectivity index (χ3v) is 2.65. The molecular weight excluding hydrogens is 195 g/mol. The van der Waals surface area contributed by atoms with Gasteiger partial charge in [0.15, 0.2) is 0 Å². The summed E-state index contributed by atoms with van der Waals surface area (Å²) in [6.45, 7) is 6.81. The van der Waals surface area contributed by atoms with Gasteiger partial charge in [-0.1, -0.05) is 51.1 Å². The Kier molecular flexibility index (Phi) is 5.77. The fourth-order valence-corrected chi connectivity index (χ4v) is 1.66. The molecule has 1 nitrogen and oxygen atoms in total. The standard InChI is InChI=1S/C14H21BO/c1-4-10-14(16-15(5-2)6-3)13-11-8-7-9-12-13/h7-12H,4-6H2,1-3H3/b14-10+. The third kappa shape index (κ3) is 3.76. The van der Waals surface area contributed by atoms with Crippen LogP contribution in [0, 0.1) is 0 Å². The minimum absolute atomic E-state index is 0.331. The van der Waals surface area contributed by atoms with E-state index in [1.165, 1.54) is 5.56 Å². The Balaban J connectivity index is 2.80. The normalized spacial score (nSPS) is 11.3. The second kappa shape index (κ2) is 7.16. The molecule has 2 heteroatoms. The fraction of sp³-hybridized carbons (Fsp3) is 0.429. The molecule has 0 aliphatic carbocycles. The van der Waals surface area contributed by atoms with Crippen molar-refractivity contribution in [2.45, 2.75) is 39.8 Å². The predicted molar refractivity (Wildman–Crippen MR) is 72.5 cm³/mol. The van der Waals surface area contributed by atoms with Gasteiger partial charge in [0.2, 0.25) is 0 Å². The number of benzene rings is 1. The van der Waals surface area contributed by atoms with E-state index in [0.717, 1.165) is 24.8 Å². The second-order valence-electron chi connectivity index (χ2n) is 3.90. The number of hydrogen-bond donors (Lipinski definition) is 0. The molecule has 0 fully saturated rings. The smallest absolute Gasteiger partial charge is 0.357 e. The molecule has 0 N–H and O–H groups in total. The van der Waals surface area contributed by atoms with Crippen molar-refractivity contribution in [2.24, 2.45) is 0 Å². The SMILES string of the molecule is CC/C=C(/OB(CC)CC)c1ccccc1. The van der Waals surface area contributed by atoms with Gasteiger partial charge in [0.1, 0.15) is 5.76 Å². The highest BCUT2D eigenvalue weighted by Crippen LogP contribution is 2.19. The molecule has 0 unspecified atom stereocenters. The maximum atomic E-state index is 6.04. The number of hydrogen-bond acceptors (Lipinski definition) is 1. The van der Waals surface area contributed by atoms with E-state index in [-0.39, 0.29) is 0 Å². The maximum Gasteiger partial charge on any atom is 0.357 e. The summed E-state index contributed by atoms with van der Waals surface area (Å²) in [5.74, 6) is 1.02. The third-order valence-electron chi connectivity index (χ3n) is 2.65. The first kappa shape index (κ1) is 12.9. The van der Waals surface area contributed by atoms with Gasteiger partial charge in [-0.2, -0.15) is 0 Å². The van der Waals surface area contributed by atoms with Crippen molar-refractivity contribution in [3.63, 3.8) is 0 Å². The van der Waals surface area contributed by atoms with Gasteiger partial charge in [-0.15, -0.1) is 0 Å². The van der Waals surface area contributed by atoms with E-state index in [1.807, 2.05) is 6.07 Å². The lowest BCUT2D eigenvalue weighted by Gasteiger charge is -2.16. The first-order valence-electron chi connectivity index (χ1n) is 6.24. The molecule has 0 radical (unpaired) electrons. The highest BCUT2D eigenvalue weighted by Gasteiger charge is 2.14. The van der Waals surface area contributed by atoms with Crippen LogP contribution in [0.5, 0.6) is 0 Å². The van der Waals surface area contributed by atoms with Crippen molar-refractivity contribution in [3.8, 4) is 0 Å². The Morgan fingerprint density at radius 1 is 1.12 bits per heavy atom. The first-order chi connectivity index (χ1) is 7.81. The zero-order valence-electron chi connectivity index (χ0n) is 10.6. The lowest BCUT2D eigenvalue weighted by atomic mass is 9.62. The zero-order chi connectivity index (χ0) is 11.8. The highest BCUT2D eigenvalue weighted by molar-refractivity contribution is 6.52. The average Bonchev–Trinajstić information content (AvgIpc) is 2.35. The van der Waals surface area contributed by atoms with Gasteiger partial charge in [0.25, 0.3) is 0 Å². The van der Waals surface area contributed by atoms with Crippen LogP contribution < -0.4 is 0 Å². The summed E-state index contributed by atoms with van der Waals surface area (Å²) < 4.78 is 6.04. The molecule has 0 spiro atoms. The van der Waals surface area contributed by atoms with Gasteiger partial charge >= 0.3 is 6.92 Å². The highest BCUT2D eigenvalue weighted by atomic mass is 16.4. The topological polar surface area (TPSA) is 9.23 Å². The quantitative estimate of drug-likeness (QED) is 0.503. The molecule has 1 aromatic carbocycles.